The molecular weight excluding hydrogens is 416 g/mol. The zero-order chi connectivity index (χ0) is 21.4. The topological polar surface area (TPSA) is 80.5 Å². The quantitative estimate of drug-likeness (QED) is 0.337. The number of halogens is 1. The first-order valence-electron chi connectivity index (χ1n) is 9.98. The van der Waals surface area contributed by atoms with Crippen LogP contribution in [-0.4, -0.2) is 16.7 Å². The molecule has 0 radical (unpaired) electrons. The highest BCUT2D eigenvalue weighted by Crippen LogP contribution is 2.61. The highest BCUT2D eigenvalue weighted by atomic mass is 35.5. The van der Waals surface area contributed by atoms with Crippen molar-refractivity contribution in [2.24, 2.45) is 11.8 Å². The Morgan fingerprint density at radius 2 is 1.23 bits per heavy atom. The van der Waals surface area contributed by atoms with E-state index in [0.717, 1.165) is 27.2 Å². The summed E-state index contributed by atoms with van der Waals surface area (Å²) in [6.45, 7) is 0. The molecule has 6 nitrogen and oxygen atoms in total. The van der Waals surface area contributed by atoms with Crippen LogP contribution in [-0.2, 0) is 9.59 Å². The predicted octanol–water partition coefficient (Wildman–Crippen LogP) is 4.64. The van der Waals surface area contributed by atoms with Gasteiger partial charge in [0.2, 0.25) is 11.8 Å². The molecule has 4 aliphatic rings. The van der Waals surface area contributed by atoms with E-state index in [1.165, 1.54) is 18.2 Å². The standard InChI is InChI=1S/C24H15ClN2O4/c25-17-10-9-12(11-18(17)27(30)31)26-23(28)21-19-13-5-1-2-6-14(13)20(22(21)24(26)29)16-8-4-3-7-15(16)19/h1-11,19-22H/t19?,20?,21-,22-/m1/s1. The number of carbonyl (C=O) groups is 2. The number of imide groups is 1. The summed E-state index contributed by atoms with van der Waals surface area (Å²) in [5.74, 6) is -2.12. The van der Waals surface area contributed by atoms with Crippen molar-refractivity contribution in [1.82, 2.24) is 0 Å². The molecule has 0 saturated carbocycles. The summed E-state index contributed by atoms with van der Waals surface area (Å²) in [7, 11) is 0. The van der Waals surface area contributed by atoms with E-state index in [2.05, 4.69) is 0 Å². The van der Waals surface area contributed by atoms with Crippen LogP contribution in [0.3, 0.4) is 0 Å². The highest BCUT2D eigenvalue weighted by molar-refractivity contribution is 6.33. The molecule has 1 fully saturated rings. The minimum Gasteiger partial charge on any atom is -0.274 e. The van der Waals surface area contributed by atoms with E-state index in [0.29, 0.717) is 0 Å². The van der Waals surface area contributed by atoms with Crippen LogP contribution in [0.4, 0.5) is 11.4 Å². The lowest BCUT2D eigenvalue weighted by Crippen LogP contribution is -2.41. The average Bonchev–Trinajstić information content (AvgIpc) is 3.05. The molecule has 7 heteroatoms. The van der Waals surface area contributed by atoms with Crippen molar-refractivity contribution in [2.75, 3.05) is 4.90 Å². The number of nitro groups is 1. The van der Waals surface area contributed by atoms with Gasteiger partial charge in [0.1, 0.15) is 5.02 Å². The maximum absolute atomic E-state index is 13.6. The second kappa shape index (κ2) is 6.25. The molecule has 3 aromatic carbocycles. The van der Waals surface area contributed by atoms with Crippen LogP contribution in [0.15, 0.2) is 66.7 Å². The van der Waals surface area contributed by atoms with Crippen molar-refractivity contribution in [2.45, 2.75) is 11.8 Å². The minimum absolute atomic E-state index is 0.0369. The molecule has 0 aromatic heterocycles. The SMILES string of the molecule is O=C1[C@@H]2C3c4ccccc4C(c4ccccc43)[C@H]2C(=O)N1c1ccc(Cl)c([N+](=O)[O-])c1. The summed E-state index contributed by atoms with van der Waals surface area (Å²) >= 11 is 5.94. The van der Waals surface area contributed by atoms with Gasteiger partial charge in [-0.3, -0.25) is 19.7 Å². The third kappa shape index (κ3) is 2.28. The van der Waals surface area contributed by atoms with Gasteiger partial charge in [-0.05, 0) is 34.4 Å². The first-order chi connectivity index (χ1) is 15.0. The Balaban J connectivity index is 1.54. The number of hydrogen-bond acceptors (Lipinski definition) is 4. The van der Waals surface area contributed by atoms with E-state index in [-0.39, 0.29) is 40.0 Å². The minimum atomic E-state index is -0.612. The lowest BCUT2D eigenvalue weighted by molar-refractivity contribution is -0.384. The molecule has 2 bridgehead atoms. The van der Waals surface area contributed by atoms with Crippen LogP contribution in [0.2, 0.25) is 5.02 Å². The number of nitro benzene ring substituents is 1. The van der Waals surface area contributed by atoms with Gasteiger partial charge in [0.15, 0.2) is 0 Å². The molecule has 1 heterocycles. The Morgan fingerprint density at radius 3 is 1.65 bits per heavy atom. The van der Waals surface area contributed by atoms with E-state index in [1.807, 2.05) is 48.5 Å². The highest BCUT2D eigenvalue weighted by Gasteiger charge is 2.61. The zero-order valence-electron chi connectivity index (χ0n) is 16.1. The van der Waals surface area contributed by atoms with E-state index < -0.39 is 16.8 Å². The molecule has 31 heavy (non-hydrogen) atoms. The van der Waals surface area contributed by atoms with Gasteiger partial charge < -0.3 is 0 Å². The monoisotopic (exact) mass is 430 g/mol. The maximum atomic E-state index is 13.6. The first kappa shape index (κ1) is 18.3. The number of hydrogen-bond donors (Lipinski definition) is 0. The Morgan fingerprint density at radius 1 is 0.774 bits per heavy atom. The predicted molar refractivity (Wildman–Crippen MR) is 114 cm³/mol. The lowest BCUT2D eigenvalue weighted by atomic mass is 9.55. The van der Waals surface area contributed by atoms with Gasteiger partial charge in [0, 0.05) is 17.9 Å². The molecular formula is C24H15ClN2O4. The van der Waals surface area contributed by atoms with E-state index in [1.54, 1.807) is 0 Å². The first-order valence-corrected chi connectivity index (χ1v) is 10.4. The summed E-state index contributed by atoms with van der Waals surface area (Å²) in [6.07, 6.45) is 0. The second-order valence-electron chi connectivity index (χ2n) is 8.17. The number of carbonyl (C=O) groups excluding carboxylic acids is 2. The molecule has 2 atom stereocenters. The maximum Gasteiger partial charge on any atom is 0.289 e. The van der Waals surface area contributed by atoms with Crippen molar-refractivity contribution in [3.63, 3.8) is 0 Å². The van der Waals surface area contributed by atoms with Crippen molar-refractivity contribution in [3.8, 4) is 0 Å². The summed E-state index contributed by atoms with van der Waals surface area (Å²) in [6, 6.07) is 20.0. The van der Waals surface area contributed by atoms with E-state index >= 15 is 0 Å². The molecule has 1 saturated heterocycles. The van der Waals surface area contributed by atoms with Crippen LogP contribution < -0.4 is 4.90 Å². The normalized spacial score (nSPS) is 25.3. The summed E-state index contributed by atoms with van der Waals surface area (Å²) in [5.41, 5.74) is 4.18. The van der Waals surface area contributed by atoms with Gasteiger partial charge in [-0.1, -0.05) is 60.1 Å². The molecule has 0 N–H and O–H groups in total. The number of anilines is 1. The fourth-order valence-electron chi connectivity index (χ4n) is 5.71. The molecule has 3 aliphatic carbocycles. The summed E-state index contributed by atoms with van der Waals surface area (Å²) in [4.78, 5) is 39.1. The van der Waals surface area contributed by atoms with Crippen LogP contribution >= 0.6 is 11.6 Å². The smallest absolute Gasteiger partial charge is 0.274 e. The number of nitrogens with zero attached hydrogens (tertiary/aromatic N) is 2. The largest absolute Gasteiger partial charge is 0.289 e. The molecule has 0 unspecified atom stereocenters. The van der Waals surface area contributed by atoms with Crippen molar-refractivity contribution >= 4 is 34.8 Å². The second-order valence-corrected chi connectivity index (χ2v) is 8.58. The van der Waals surface area contributed by atoms with E-state index in [9.17, 15) is 19.7 Å². The van der Waals surface area contributed by atoms with Gasteiger partial charge in [0.25, 0.3) is 5.69 Å². The van der Waals surface area contributed by atoms with Crippen LogP contribution in [0.1, 0.15) is 34.1 Å². The van der Waals surface area contributed by atoms with Crippen molar-refractivity contribution in [1.29, 1.82) is 0 Å². The molecule has 152 valence electrons. The molecule has 0 spiro atoms. The average molecular weight is 431 g/mol. The Hall–Kier alpha value is -3.51. The van der Waals surface area contributed by atoms with Gasteiger partial charge in [-0.2, -0.15) is 0 Å². The molecule has 1 aliphatic heterocycles. The van der Waals surface area contributed by atoms with Gasteiger partial charge >= 0.3 is 0 Å². The fourth-order valence-corrected chi connectivity index (χ4v) is 5.90. The summed E-state index contributed by atoms with van der Waals surface area (Å²) < 4.78 is 0. The number of rotatable bonds is 2. The van der Waals surface area contributed by atoms with Crippen molar-refractivity contribution < 1.29 is 14.5 Å². The van der Waals surface area contributed by atoms with Crippen molar-refractivity contribution in [3.05, 3.63) is 104 Å². The third-order valence-electron chi connectivity index (χ3n) is 6.83. The van der Waals surface area contributed by atoms with Crippen LogP contribution in [0.5, 0.6) is 0 Å². The summed E-state index contributed by atoms with van der Waals surface area (Å²) in [5, 5.41) is 11.3. The molecule has 7 rings (SSSR count). The molecule has 3 aromatic rings. The van der Waals surface area contributed by atoms with Gasteiger partial charge in [0.05, 0.1) is 22.4 Å². The fraction of sp³-hybridized carbons (Fsp3) is 0.167. The Kier molecular flexibility index (Phi) is 3.68. The van der Waals surface area contributed by atoms with E-state index in [4.69, 9.17) is 11.6 Å². The van der Waals surface area contributed by atoms with Crippen LogP contribution in [0, 0.1) is 22.0 Å². The van der Waals surface area contributed by atoms with Gasteiger partial charge in [-0.15, -0.1) is 0 Å². The zero-order valence-corrected chi connectivity index (χ0v) is 16.8. The number of amides is 2. The third-order valence-corrected chi connectivity index (χ3v) is 7.15. The Labute approximate surface area is 182 Å². The number of benzene rings is 3. The Bertz CT molecular complexity index is 1200. The van der Waals surface area contributed by atoms with Crippen LogP contribution in [0.25, 0.3) is 0 Å². The lowest BCUT2D eigenvalue weighted by Gasteiger charge is -2.45. The van der Waals surface area contributed by atoms with Gasteiger partial charge in [-0.25, -0.2) is 4.90 Å². The molecule has 2 amide bonds.